The molecule has 1 fully saturated rings. The number of carbonyl (C=O) groups excluding carboxylic acids is 1. The number of hydrogen-bond donors (Lipinski definition) is 0. The molecule has 0 unspecified atom stereocenters. The zero-order valence-electron chi connectivity index (χ0n) is 6.05. The zero-order valence-corrected chi connectivity index (χ0v) is 6.05. The van der Waals surface area contributed by atoms with E-state index >= 15 is 0 Å². The first kappa shape index (κ1) is 7.22. The SMILES string of the molecule is C=C[N+]1(C=C)CCCC1=O. The highest BCUT2D eigenvalue weighted by Crippen LogP contribution is 2.21. The lowest BCUT2D eigenvalue weighted by Gasteiger charge is -2.19. The van der Waals surface area contributed by atoms with Crippen molar-refractivity contribution in [3.63, 3.8) is 0 Å². The molecule has 2 nitrogen and oxygen atoms in total. The number of amides is 1. The van der Waals surface area contributed by atoms with E-state index in [2.05, 4.69) is 13.2 Å². The van der Waals surface area contributed by atoms with Crippen LogP contribution in [0.5, 0.6) is 0 Å². The van der Waals surface area contributed by atoms with Crippen LogP contribution >= 0.6 is 0 Å². The highest BCUT2D eigenvalue weighted by Gasteiger charge is 2.36. The molecule has 54 valence electrons. The van der Waals surface area contributed by atoms with E-state index in [9.17, 15) is 4.79 Å². The van der Waals surface area contributed by atoms with Gasteiger partial charge in [-0.3, -0.25) is 0 Å². The number of nitrogens with zero attached hydrogens (tertiary/aromatic N) is 1. The van der Waals surface area contributed by atoms with Crippen molar-refractivity contribution >= 4 is 5.91 Å². The minimum atomic E-state index is 0.213. The topological polar surface area (TPSA) is 17.1 Å². The first-order valence-electron chi connectivity index (χ1n) is 3.43. The van der Waals surface area contributed by atoms with Crippen molar-refractivity contribution in [2.24, 2.45) is 0 Å². The summed E-state index contributed by atoms with van der Waals surface area (Å²) in [5.74, 6) is 0.213. The molecule has 2 heteroatoms. The van der Waals surface area contributed by atoms with Crippen molar-refractivity contribution in [3.8, 4) is 0 Å². The Bertz CT molecular complexity index is 176. The second-order valence-electron chi connectivity index (χ2n) is 2.52. The van der Waals surface area contributed by atoms with E-state index in [0.29, 0.717) is 6.42 Å². The molecule has 0 saturated carbocycles. The summed E-state index contributed by atoms with van der Waals surface area (Å²) in [6, 6.07) is 0. The molecule has 0 aliphatic carbocycles. The molecule has 0 atom stereocenters. The minimum absolute atomic E-state index is 0.213. The largest absolute Gasteiger partial charge is 0.323 e. The van der Waals surface area contributed by atoms with Gasteiger partial charge in [-0.1, -0.05) is 0 Å². The maximum atomic E-state index is 11.2. The summed E-state index contributed by atoms with van der Waals surface area (Å²) in [4.78, 5) is 11.2. The lowest BCUT2D eigenvalue weighted by Crippen LogP contribution is -2.37. The molecule has 1 aliphatic heterocycles. The van der Waals surface area contributed by atoms with Crippen LogP contribution < -0.4 is 0 Å². The zero-order chi connectivity index (χ0) is 7.61. The third-order valence-electron chi connectivity index (χ3n) is 2.03. The van der Waals surface area contributed by atoms with Crippen LogP contribution in [0.3, 0.4) is 0 Å². The molecular weight excluding hydrogens is 126 g/mol. The average Bonchev–Trinajstić information content (AvgIpc) is 2.32. The molecule has 0 aromatic rings. The Morgan fingerprint density at radius 1 is 1.40 bits per heavy atom. The van der Waals surface area contributed by atoms with Crippen molar-refractivity contribution in [2.75, 3.05) is 6.54 Å². The van der Waals surface area contributed by atoms with Gasteiger partial charge in [-0.25, -0.2) is 9.28 Å². The van der Waals surface area contributed by atoms with Gasteiger partial charge in [0, 0.05) is 6.42 Å². The summed E-state index contributed by atoms with van der Waals surface area (Å²) >= 11 is 0. The number of carbonyl (C=O) groups is 1. The van der Waals surface area contributed by atoms with Crippen LogP contribution in [0.4, 0.5) is 0 Å². The van der Waals surface area contributed by atoms with Gasteiger partial charge in [-0.15, -0.1) is 0 Å². The summed E-state index contributed by atoms with van der Waals surface area (Å²) in [6.45, 7) is 8.07. The second-order valence-corrected chi connectivity index (χ2v) is 2.52. The van der Waals surface area contributed by atoms with Crippen LogP contribution in [0.25, 0.3) is 0 Å². The summed E-state index contributed by atoms with van der Waals surface area (Å²) in [5.41, 5.74) is 0. The van der Waals surface area contributed by atoms with E-state index in [1.165, 1.54) is 0 Å². The van der Waals surface area contributed by atoms with Crippen LogP contribution in [-0.2, 0) is 4.79 Å². The Labute approximate surface area is 61.0 Å². The van der Waals surface area contributed by atoms with Crippen molar-refractivity contribution < 1.29 is 9.28 Å². The molecule has 10 heavy (non-hydrogen) atoms. The van der Waals surface area contributed by atoms with Gasteiger partial charge in [0.15, 0.2) is 0 Å². The minimum Gasteiger partial charge on any atom is -0.230 e. The Hall–Kier alpha value is -0.890. The summed E-state index contributed by atoms with van der Waals surface area (Å²) in [5, 5.41) is 0. The van der Waals surface area contributed by atoms with Gasteiger partial charge in [0.25, 0.3) is 0 Å². The number of hydrogen-bond acceptors (Lipinski definition) is 1. The fourth-order valence-electron chi connectivity index (χ4n) is 1.29. The highest BCUT2D eigenvalue weighted by molar-refractivity contribution is 5.71. The van der Waals surface area contributed by atoms with Gasteiger partial charge >= 0.3 is 5.91 Å². The lowest BCUT2D eigenvalue weighted by molar-refractivity contribution is -0.738. The molecule has 0 radical (unpaired) electrons. The van der Waals surface area contributed by atoms with Crippen LogP contribution in [0.15, 0.2) is 25.6 Å². The normalized spacial score (nSPS) is 22.6. The summed E-state index contributed by atoms with van der Waals surface area (Å²) in [6.07, 6.45) is 4.93. The monoisotopic (exact) mass is 138 g/mol. The van der Waals surface area contributed by atoms with Crippen LogP contribution in [0.2, 0.25) is 0 Å². The molecule has 1 saturated heterocycles. The van der Waals surface area contributed by atoms with E-state index in [4.69, 9.17) is 0 Å². The van der Waals surface area contributed by atoms with E-state index < -0.39 is 0 Å². The van der Waals surface area contributed by atoms with Crippen molar-refractivity contribution in [1.29, 1.82) is 0 Å². The Balaban J connectivity index is 2.91. The average molecular weight is 138 g/mol. The van der Waals surface area contributed by atoms with Crippen LogP contribution in [0.1, 0.15) is 12.8 Å². The maximum absolute atomic E-state index is 11.2. The number of rotatable bonds is 2. The fourth-order valence-corrected chi connectivity index (χ4v) is 1.29. The Morgan fingerprint density at radius 3 is 2.20 bits per heavy atom. The van der Waals surface area contributed by atoms with Gasteiger partial charge in [-0.2, -0.15) is 0 Å². The molecule has 1 amide bonds. The van der Waals surface area contributed by atoms with Gasteiger partial charge in [-0.05, 0) is 13.2 Å². The first-order chi connectivity index (χ1) is 4.75. The smallest absolute Gasteiger partial charge is 0.230 e. The van der Waals surface area contributed by atoms with E-state index in [0.717, 1.165) is 13.0 Å². The molecule has 0 aromatic heterocycles. The number of likely N-dealkylation sites (tertiary alicyclic amines) is 1. The second kappa shape index (κ2) is 2.39. The van der Waals surface area contributed by atoms with Crippen LogP contribution in [0, 0.1) is 0 Å². The third-order valence-corrected chi connectivity index (χ3v) is 2.03. The Kier molecular flexibility index (Phi) is 1.72. The quantitative estimate of drug-likeness (QED) is 0.527. The van der Waals surface area contributed by atoms with Gasteiger partial charge in [0.1, 0.15) is 12.4 Å². The predicted octanol–water partition coefficient (Wildman–Crippen LogP) is 1.41. The highest BCUT2D eigenvalue weighted by atomic mass is 16.2. The van der Waals surface area contributed by atoms with Gasteiger partial charge in [0.2, 0.25) is 0 Å². The van der Waals surface area contributed by atoms with E-state index in [1.54, 1.807) is 12.4 Å². The molecule has 1 rings (SSSR count). The van der Waals surface area contributed by atoms with Crippen LogP contribution in [-0.4, -0.2) is 16.9 Å². The summed E-state index contributed by atoms with van der Waals surface area (Å²) in [7, 11) is 0. The fraction of sp³-hybridized carbons (Fsp3) is 0.375. The molecule has 0 N–H and O–H groups in total. The maximum Gasteiger partial charge on any atom is 0.323 e. The molecular formula is C8H12NO+. The number of quaternary nitrogens is 1. The molecule has 0 bridgehead atoms. The Morgan fingerprint density at radius 2 is 2.00 bits per heavy atom. The standard InChI is InChI=1S/C8H12NO/c1-3-9(4-2)7-5-6-8(9)10/h3-4H,1-2,5-7H2/q+1. The van der Waals surface area contributed by atoms with Crippen molar-refractivity contribution in [2.45, 2.75) is 12.8 Å². The van der Waals surface area contributed by atoms with Gasteiger partial charge in [0.05, 0.1) is 13.0 Å². The molecule has 0 aromatic carbocycles. The third kappa shape index (κ3) is 0.809. The van der Waals surface area contributed by atoms with Gasteiger partial charge < -0.3 is 0 Å². The van der Waals surface area contributed by atoms with E-state index in [-0.39, 0.29) is 10.4 Å². The predicted molar refractivity (Wildman–Crippen MR) is 39.8 cm³/mol. The molecule has 1 heterocycles. The van der Waals surface area contributed by atoms with E-state index in [1.807, 2.05) is 0 Å². The molecule has 1 aliphatic rings. The summed E-state index contributed by atoms with van der Waals surface area (Å²) < 4.78 is 0.264. The lowest BCUT2D eigenvalue weighted by atomic mass is 10.4. The van der Waals surface area contributed by atoms with Crippen molar-refractivity contribution in [3.05, 3.63) is 25.6 Å². The molecule has 0 spiro atoms. The van der Waals surface area contributed by atoms with Crippen molar-refractivity contribution in [1.82, 2.24) is 0 Å². The first-order valence-corrected chi connectivity index (χ1v) is 3.43.